The van der Waals surface area contributed by atoms with E-state index < -0.39 is 0 Å². The predicted molar refractivity (Wildman–Crippen MR) is 86.5 cm³/mol. The fourth-order valence-corrected chi connectivity index (χ4v) is 4.18. The number of aromatic nitrogens is 1. The van der Waals surface area contributed by atoms with Gasteiger partial charge in [0.15, 0.2) is 0 Å². The van der Waals surface area contributed by atoms with Crippen LogP contribution in [0.4, 0.5) is 5.69 Å². The fraction of sp³-hybridized carbons (Fsp3) is 0.389. The second-order valence-electron chi connectivity index (χ2n) is 6.33. The molecule has 1 N–H and O–H groups in total. The van der Waals surface area contributed by atoms with Gasteiger partial charge in [0, 0.05) is 24.1 Å². The lowest BCUT2D eigenvalue weighted by Crippen LogP contribution is -2.46. The maximum absolute atomic E-state index is 5.91. The third kappa shape index (κ3) is 1.70. The van der Waals surface area contributed by atoms with Crippen molar-refractivity contribution in [3.63, 3.8) is 0 Å². The minimum Gasteiger partial charge on any atom is -0.474 e. The number of piperidine rings is 1. The fourth-order valence-electron chi connectivity index (χ4n) is 4.18. The zero-order chi connectivity index (χ0) is 14.5. The van der Waals surface area contributed by atoms with Gasteiger partial charge in [-0.3, -0.25) is 0 Å². The van der Waals surface area contributed by atoms with E-state index in [1.807, 2.05) is 6.07 Å². The maximum atomic E-state index is 5.91. The lowest BCUT2D eigenvalue weighted by Gasteiger charge is -2.35. The quantitative estimate of drug-likeness (QED) is 0.876. The van der Waals surface area contributed by atoms with Gasteiger partial charge in [-0.2, -0.15) is 0 Å². The summed E-state index contributed by atoms with van der Waals surface area (Å²) in [7, 11) is 0. The third-order valence-corrected chi connectivity index (χ3v) is 5.16. The van der Waals surface area contributed by atoms with Crippen molar-refractivity contribution in [3.05, 3.63) is 42.0 Å². The summed E-state index contributed by atoms with van der Waals surface area (Å²) in [5.41, 5.74) is 4.86. The molecule has 1 saturated heterocycles. The molecule has 2 unspecified atom stereocenters. The lowest BCUT2D eigenvalue weighted by molar-refractivity contribution is 0.285. The van der Waals surface area contributed by atoms with Crippen molar-refractivity contribution in [1.29, 1.82) is 0 Å². The molecule has 0 radical (unpaired) electrons. The Labute approximate surface area is 130 Å². The molecule has 3 aliphatic heterocycles. The Morgan fingerprint density at radius 1 is 1.23 bits per heavy atom. The number of benzene rings is 1. The van der Waals surface area contributed by atoms with Crippen LogP contribution in [0.3, 0.4) is 0 Å². The molecule has 1 fully saturated rings. The Bertz CT molecular complexity index is 716. The zero-order valence-corrected chi connectivity index (χ0v) is 12.5. The topological polar surface area (TPSA) is 37.4 Å². The van der Waals surface area contributed by atoms with Crippen LogP contribution in [0.25, 0.3) is 11.3 Å². The Morgan fingerprint density at radius 3 is 3.05 bits per heavy atom. The van der Waals surface area contributed by atoms with Crippen LogP contribution in [0.1, 0.15) is 17.9 Å². The molecule has 0 bridgehead atoms. The van der Waals surface area contributed by atoms with E-state index >= 15 is 0 Å². The minimum atomic E-state index is 0.565. The third-order valence-electron chi connectivity index (χ3n) is 5.16. The van der Waals surface area contributed by atoms with Crippen molar-refractivity contribution >= 4 is 5.69 Å². The normalized spacial score (nSPS) is 25.4. The van der Waals surface area contributed by atoms with Crippen molar-refractivity contribution in [2.24, 2.45) is 0 Å². The molecule has 1 aromatic carbocycles. The molecule has 112 valence electrons. The molecule has 0 saturated carbocycles. The van der Waals surface area contributed by atoms with Gasteiger partial charge in [-0.25, -0.2) is 4.98 Å². The summed E-state index contributed by atoms with van der Waals surface area (Å²) >= 11 is 0. The molecular weight excluding hydrogens is 274 g/mol. The summed E-state index contributed by atoms with van der Waals surface area (Å²) in [4.78, 5) is 7.35. The molecule has 3 aliphatic rings. The second-order valence-corrected chi connectivity index (χ2v) is 6.33. The molecule has 0 spiro atoms. The molecule has 2 aromatic rings. The predicted octanol–water partition coefficient (Wildman–Crippen LogP) is 2.41. The number of ether oxygens (including phenoxy) is 1. The summed E-state index contributed by atoms with van der Waals surface area (Å²) in [5.74, 6) is 1.40. The van der Waals surface area contributed by atoms with Crippen molar-refractivity contribution in [3.8, 4) is 17.1 Å². The summed E-state index contributed by atoms with van der Waals surface area (Å²) < 4.78 is 5.91. The first-order valence-corrected chi connectivity index (χ1v) is 8.12. The minimum absolute atomic E-state index is 0.565. The second kappa shape index (κ2) is 4.71. The summed E-state index contributed by atoms with van der Waals surface area (Å²) in [6.45, 7) is 3.91. The van der Waals surface area contributed by atoms with E-state index in [-0.39, 0.29) is 0 Å². The summed E-state index contributed by atoms with van der Waals surface area (Å²) in [6, 6.07) is 13.3. The van der Waals surface area contributed by atoms with Gasteiger partial charge in [-0.1, -0.05) is 30.3 Å². The van der Waals surface area contributed by atoms with Crippen LogP contribution >= 0.6 is 0 Å². The van der Waals surface area contributed by atoms with Crippen LogP contribution in [-0.4, -0.2) is 37.3 Å². The molecule has 4 heterocycles. The highest BCUT2D eigenvalue weighted by molar-refractivity contribution is 5.74. The molecule has 0 amide bonds. The van der Waals surface area contributed by atoms with Gasteiger partial charge < -0.3 is 15.0 Å². The average Bonchev–Trinajstić information content (AvgIpc) is 2.92. The molecule has 5 rings (SSSR count). The van der Waals surface area contributed by atoms with E-state index in [1.54, 1.807) is 0 Å². The molecule has 2 atom stereocenters. The first kappa shape index (κ1) is 12.5. The SMILES string of the molecule is c1ccc(-c2cc3c4c(n2)OCCN4C2CCNCC32)cc1. The molecule has 0 aliphatic carbocycles. The van der Waals surface area contributed by atoms with Crippen LogP contribution in [0.5, 0.6) is 5.88 Å². The Kier molecular flexibility index (Phi) is 2.67. The number of nitrogens with one attached hydrogen (secondary N) is 1. The van der Waals surface area contributed by atoms with Crippen molar-refractivity contribution in [2.45, 2.75) is 18.4 Å². The Balaban J connectivity index is 1.69. The number of fused-ring (bicyclic) bond motifs is 3. The monoisotopic (exact) mass is 293 g/mol. The zero-order valence-electron chi connectivity index (χ0n) is 12.5. The van der Waals surface area contributed by atoms with E-state index in [0.29, 0.717) is 12.0 Å². The Morgan fingerprint density at radius 2 is 2.14 bits per heavy atom. The van der Waals surface area contributed by atoms with Gasteiger partial charge in [-0.05, 0) is 24.6 Å². The van der Waals surface area contributed by atoms with E-state index in [9.17, 15) is 0 Å². The standard InChI is InChI=1S/C18H19N3O/c1-2-4-12(5-3-1)15-10-13-14-11-19-7-6-16(14)21-8-9-22-18(20-15)17(13)21/h1-5,10,14,16,19H,6-9,11H2. The van der Waals surface area contributed by atoms with Crippen LogP contribution < -0.4 is 15.0 Å². The number of hydrogen-bond donors (Lipinski definition) is 1. The van der Waals surface area contributed by atoms with Gasteiger partial charge in [0.2, 0.25) is 5.88 Å². The van der Waals surface area contributed by atoms with Gasteiger partial charge in [0.05, 0.1) is 12.2 Å². The van der Waals surface area contributed by atoms with Crippen LogP contribution in [0.2, 0.25) is 0 Å². The number of anilines is 1. The van der Waals surface area contributed by atoms with Crippen LogP contribution in [0, 0.1) is 0 Å². The largest absolute Gasteiger partial charge is 0.474 e. The number of nitrogens with zero attached hydrogens (tertiary/aromatic N) is 2. The lowest BCUT2D eigenvalue weighted by atomic mass is 9.90. The van der Waals surface area contributed by atoms with Crippen molar-refractivity contribution < 1.29 is 4.74 Å². The highest BCUT2D eigenvalue weighted by atomic mass is 16.5. The first-order valence-electron chi connectivity index (χ1n) is 8.12. The van der Waals surface area contributed by atoms with Crippen molar-refractivity contribution in [2.75, 3.05) is 31.1 Å². The van der Waals surface area contributed by atoms with E-state index in [2.05, 4.69) is 40.5 Å². The summed E-state index contributed by atoms with van der Waals surface area (Å²) in [6.07, 6.45) is 1.21. The van der Waals surface area contributed by atoms with Gasteiger partial charge >= 0.3 is 0 Å². The molecule has 4 nitrogen and oxygen atoms in total. The van der Waals surface area contributed by atoms with Gasteiger partial charge in [0.25, 0.3) is 0 Å². The van der Waals surface area contributed by atoms with Crippen molar-refractivity contribution in [1.82, 2.24) is 10.3 Å². The van der Waals surface area contributed by atoms with Crippen LogP contribution in [-0.2, 0) is 0 Å². The van der Waals surface area contributed by atoms with E-state index in [0.717, 1.165) is 43.4 Å². The highest BCUT2D eigenvalue weighted by Crippen LogP contribution is 2.49. The highest BCUT2D eigenvalue weighted by Gasteiger charge is 2.43. The Hall–Kier alpha value is -2.07. The number of pyridine rings is 1. The van der Waals surface area contributed by atoms with Gasteiger partial charge in [0.1, 0.15) is 12.3 Å². The van der Waals surface area contributed by atoms with Crippen LogP contribution in [0.15, 0.2) is 36.4 Å². The molecule has 1 aromatic heterocycles. The number of hydrogen-bond acceptors (Lipinski definition) is 4. The molecular formula is C18H19N3O. The molecule has 4 heteroatoms. The average molecular weight is 293 g/mol. The molecule has 22 heavy (non-hydrogen) atoms. The van der Waals surface area contributed by atoms with Gasteiger partial charge in [-0.15, -0.1) is 0 Å². The summed E-state index contributed by atoms with van der Waals surface area (Å²) in [5, 5.41) is 3.55. The van der Waals surface area contributed by atoms with E-state index in [4.69, 9.17) is 9.72 Å². The number of rotatable bonds is 1. The maximum Gasteiger partial charge on any atom is 0.238 e. The smallest absolute Gasteiger partial charge is 0.238 e. The first-order chi connectivity index (χ1) is 10.9. The van der Waals surface area contributed by atoms with E-state index in [1.165, 1.54) is 17.7 Å².